The van der Waals surface area contributed by atoms with E-state index in [-0.39, 0.29) is 46.0 Å². The second-order valence-electron chi connectivity index (χ2n) is 13.3. The second-order valence-corrected chi connectivity index (χ2v) is 13.7. The highest BCUT2D eigenvalue weighted by atomic mass is 35.5. The molecule has 1 aromatic heterocycles. The molecule has 0 unspecified atom stereocenters. The van der Waals surface area contributed by atoms with Crippen molar-refractivity contribution in [2.24, 2.45) is 0 Å². The van der Waals surface area contributed by atoms with Crippen LogP contribution in [0.3, 0.4) is 0 Å². The van der Waals surface area contributed by atoms with E-state index in [9.17, 15) is 9.90 Å². The molecule has 1 N–H and O–H groups in total. The summed E-state index contributed by atoms with van der Waals surface area (Å²) in [5.74, 6) is -0.0978. The number of aromatic hydroxyl groups is 1. The summed E-state index contributed by atoms with van der Waals surface area (Å²) in [6.45, 7) is 10.8. The third kappa shape index (κ3) is 6.37. The van der Waals surface area contributed by atoms with Crippen LogP contribution in [0.2, 0.25) is 5.02 Å². The molecule has 4 aromatic rings. The Kier molecular flexibility index (Phi) is 8.87. The first-order valence-electron chi connectivity index (χ1n) is 15.9. The molecule has 9 nitrogen and oxygen atoms in total. The number of rotatable bonds is 8. The maximum absolute atomic E-state index is 16.8. The van der Waals surface area contributed by atoms with Crippen LogP contribution < -0.4 is 9.64 Å². The van der Waals surface area contributed by atoms with Crippen LogP contribution >= 0.6 is 11.6 Å². The lowest BCUT2D eigenvalue weighted by molar-refractivity contribution is 0.0122. The number of halogens is 2. The van der Waals surface area contributed by atoms with Gasteiger partial charge in [0.2, 0.25) is 0 Å². The minimum absolute atomic E-state index is 0.00652. The number of carbonyl (C=O) groups is 1. The normalized spacial score (nSPS) is 18.2. The van der Waals surface area contributed by atoms with Gasteiger partial charge in [0.1, 0.15) is 22.7 Å². The van der Waals surface area contributed by atoms with Gasteiger partial charge in [-0.15, -0.1) is 0 Å². The smallest absolute Gasteiger partial charge is 0.410 e. The number of benzene rings is 3. The molecular weight excluding hydrogens is 609 g/mol. The number of fused-ring (bicyclic) bond motifs is 4. The van der Waals surface area contributed by atoms with E-state index in [2.05, 4.69) is 21.7 Å². The fourth-order valence-corrected chi connectivity index (χ4v) is 6.85. The van der Waals surface area contributed by atoms with Crippen molar-refractivity contribution in [3.05, 3.63) is 53.3 Å². The number of amides is 1. The molecule has 244 valence electrons. The molecule has 2 aliphatic rings. The lowest BCUT2D eigenvalue weighted by atomic mass is 9.96. The second kappa shape index (κ2) is 12.7. The third-order valence-electron chi connectivity index (χ3n) is 8.80. The van der Waals surface area contributed by atoms with Crippen molar-refractivity contribution in [2.75, 3.05) is 44.7 Å². The van der Waals surface area contributed by atoms with Gasteiger partial charge < -0.3 is 24.4 Å². The summed E-state index contributed by atoms with van der Waals surface area (Å²) in [6, 6.07) is 12.2. The van der Waals surface area contributed by atoms with Crippen molar-refractivity contribution in [1.82, 2.24) is 19.8 Å². The molecule has 2 fully saturated rings. The quantitative estimate of drug-likeness (QED) is 0.200. The number of anilines is 1. The molecule has 0 spiro atoms. The average Bonchev–Trinajstić information content (AvgIpc) is 3.27. The largest absolute Gasteiger partial charge is 0.508 e. The highest BCUT2D eigenvalue weighted by molar-refractivity contribution is 6.35. The van der Waals surface area contributed by atoms with Crippen molar-refractivity contribution in [3.8, 4) is 22.9 Å². The minimum Gasteiger partial charge on any atom is -0.508 e. The summed E-state index contributed by atoms with van der Waals surface area (Å²) >= 11 is 6.89. The number of phenolic OH excluding ortho intramolecular Hbond substituents is 1. The molecular formula is C35H41ClFN5O4. The molecule has 2 bridgehead atoms. The molecule has 46 heavy (non-hydrogen) atoms. The number of carbonyl (C=O) groups excluding carboxylic acids is 1. The number of phenols is 1. The van der Waals surface area contributed by atoms with Gasteiger partial charge in [-0.05, 0) is 88.2 Å². The van der Waals surface area contributed by atoms with Gasteiger partial charge in [0.15, 0.2) is 5.82 Å². The molecule has 3 aromatic carbocycles. The highest BCUT2D eigenvalue weighted by Gasteiger charge is 2.45. The number of hydrogen-bond acceptors (Lipinski definition) is 8. The first kappa shape index (κ1) is 32.1. The van der Waals surface area contributed by atoms with Crippen LogP contribution in [0.15, 0.2) is 42.5 Å². The molecule has 0 aliphatic carbocycles. The monoisotopic (exact) mass is 649 g/mol. The van der Waals surface area contributed by atoms with Gasteiger partial charge in [-0.1, -0.05) is 42.8 Å². The van der Waals surface area contributed by atoms with Crippen molar-refractivity contribution in [1.29, 1.82) is 0 Å². The van der Waals surface area contributed by atoms with Gasteiger partial charge in [0.05, 0.1) is 23.7 Å². The van der Waals surface area contributed by atoms with E-state index in [0.717, 1.165) is 43.1 Å². The summed E-state index contributed by atoms with van der Waals surface area (Å²) < 4.78 is 28.6. The van der Waals surface area contributed by atoms with Gasteiger partial charge in [-0.25, -0.2) is 9.18 Å². The fourth-order valence-electron chi connectivity index (χ4n) is 6.56. The van der Waals surface area contributed by atoms with E-state index in [0.29, 0.717) is 36.5 Å². The van der Waals surface area contributed by atoms with Crippen molar-refractivity contribution in [3.63, 3.8) is 0 Å². The van der Waals surface area contributed by atoms with Gasteiger partial charge >= 0.3 is 12.1 Å². The van der Waals surface area contributed by atoms with Crippen LogP contribution in [-0.2, 0) is 4.74 Å². The molecule has 1 amide bonds. The lowest BCUT2D eigenvalue weighted by Gasteiger charge is -2.42. The van der Waals surface area contributed by atoms with Crippen LogP contribution in [0.25, 0.3) is 32.8 Å². The molecule has 2 atom stereocenters. The summed E-state index contributed by atoms with van der Waals surface area (Å²) in [7, 11) is 2.04. The molecule has 2 saturated heterocycles. The molecule has 0 saturated carbocycles. The van der Waals surface area contributed by atoms with Gasteiger partial charge in [0.25, 0.3) is 0 Å². The summed E-state index contributed by atoms with van der Waals surface area (Å²) in [6.07, 6.45) is 2.11. The van der Waals surface area contributed by atoms with E-state index >= 15 is 4.39 Å². The summed E-state index contributed by atoms with van der Waals surface area (Å²) in [5.41, 5.74) is 0.103. The zero-order chi connectivity index (χ0) is 32.7. The zero-order valence-corrected chi connectivity index (χ0v) is 27.8. The van der Waals surface area contributed by atoms with Gasteiger partial charge in [0, 0.05) is 30.6 Å². The van der Waals surface area contributed by atoms with E-state index in [1.807, 2.05) is 57.0 Å². The van der Waals surface area contributed by atoms with E-state index in [1.54, 1.807) is 12.1 Å². The van der Waals surface area contributed by atoms with Crippen molar-refractivity contribution < 1.29 is 23.8 Å². The average molecular weight is 650 g/mol. The number of hydrogen-bond donors (Lipinski definition) is 1. The standard InChI is InChI=1S/C35H41ClFN5O4/c1-6-40(5)14-9-15-45-33-38-31-27(18-28(36)29(30(31)37)26-17-24(43)16-21-10-7-8-11-25(21)26)32(39-33)41-19-22-12-13-23(20-41)42(22)34(44)46-35(2,3)4/h7-8,10-11,16-18,22-23,43H,6,9,12-15,19-20H2,1-5H3/t22-,23+. The molecule has 11 heteroatoms. The van der Waals surface area contributed by atoms with Crippen molar-refractivity contribution in [2.45, 2.75) is 64.6 Å². The van der Waals surface area contributed by atoms with E-state index in [1.165, 1.54) is 6.07 Å². The Bertz CT molecular complexity index is 1770. The zero-order valence-electron chi connectivity index (χ0n) is 27.0. The molecule has 2 aliphatic heterocycles. The number of ether oxygens (including phenoxy) is 2. The van der Waals surface area contributed by atoms with Gasteiger partial charge in [-0.2, -0.15) is 9.97 Å². The highest BCUT2D eigenvalue weighted by Crippen LogP contribution is 2.43. The predicted octanol–water partition coefficient (Wildman–Crippen LogP) is 7.26. The van der Waals surface area contributed by atoms with E-state index < -0.39 is 11.4 Å². The Morgan fingerprint density at radius 3 is 2.52 bits per heavy atom. The van der Waals surface area contributed by atoms with Crippen LogP contribution in [-0.4, -0.2) is 88.5 Å². The Hall–Kier alpha value is -3.89. The number of nitrogens with zero attached hydrogens (tertiary/aromatic N) is 5. The van der Waals surface area contributed by atoms with Crippen molar-refractivity contribution >= 4 is 45.2 Å². The van der Waals surface area contributed by atoms with Crippen LogP contribution in [0.1, 0.15) is 47.0 Å². The molecule has 3 heterocycles. The maximum atomic E-state index is 16.8. The lowest BCUT2D eigenvalue weighted by Crippen LogP contribution is -2.57. The Balaban J connectivity index is 1.42. The van der Waals surface area contributed by atoms with Crippen LogP contribution in [0, 0.1) is 5.82 Å². The summed E-state index contributed by atoms with van der Waals surface area (Å²) in [5, 5.41) is 12.7. The maximum Gasteiger partial charge on any atom is 0.410 e. The van der Waals surface area contributed by atoms with Crippen LogP contribution in [0.4, 0.5) is 15.0 Å². The molecule has 0 radical (unpaired) electrons. The predicted molar refractivity (Wildman–Crippen MR) is 179 cm³/mol. The van der Waals surface area contributed by atoms with Crippen LogP contribution in [0.5, 0.6) is 11.8 Å². The number of piperazine rings is 1. The Labute approximate surface area is 273 Å². The number of aromatic nitrogens is 2. The first-order valence-corrected chi connectivity index (χ1v) is 16.3. The first-order chi connectivity index (χ1) is 21.9. The Morgan fingerprint density at radius 2 is 1.83 bits per heavy atom. The van der Waals surface area contributed by atoms with Gasteiger partial charge in [-0.3, -0.25) is 4.90 Å². The fraction of sp³-hybridized carbons (Fsp3) is 0.457. The Morgan fingerprint density at radius 1 is 1.11 bits per heavy atom. The van der Waals surface area contributed by atoms with E-state index in [4.69, 9.17) is 26.1 Å². The molecule has 6 rings (SSSR count). The topological polar surface area (TPSA) is 91.3 Å². The minimum atomic E-state index is -0.618. The summed E-state index contributed by atoms with van der Waals surface area (Å²) in [4.78, 5) is 28.6. The SMILES string of the molecule is CCN(C)CCCOc1nc(N2C[C@H]3CC[C@@H](C2)N3C(=O)OC(C)(C)C)c2cc(Cl)c(-c3cc(O)cc4ccccc34)c(F)c2n1. The third-order valence-corrected chi connectivity index (χ3v) is 9.10.